The monoisotopic (exact) mass is 289 g/mol. The van der Waals surface area contributed by atoms with E-state index < -0.39 is 10.9 Å². The Morgan fingerprint density at radius 3 is 2.95 bits per heavy atom. The summed E-state index contributed by atoms with van der Waals surface area (Å²) in [7, 11) is 0. The van der Waals surface area contributed by atoms with Gasteiger partial charge in [-0.15, -0.1) is 0 Å². The van der Waals surface area contributed by atoms with Gasteiger partial charge in [0.15, 0.2) is 0 Å². The molecule has 0 bridgehead atoms. The lowest BCUT2D eigenvalue weighted by atomic mass is 10.0. The summed E-state index contributed by atoms with van der Waals surface area (Å²) in [4.78, 5) is 23.1. The minimum absolute atomic E-state index is 0.0760. The number of benzene rings is 1. The number of aliphatic carboxylic acids is 1. The van der Waals surface area contributed by atoms with Crippen LogP contribution in [0.5, 0.6) is 0 Å². The van der Waals surface area contributed by atoms with Gasteiger partial charge in [0, 0.05) is 25.6 Å². The quantitative estimate of drug-likeness (QED) is 0.657. The number of hydrogen-bond acceptors (Lipinski definition) is 5. The summed E-state index contributed by atoms with van der Waals surface area (Å²) >= 11 is 0. The van der Waals surface area contributed by atoms with Crippen LogP contribution >= 0.6 is 0 Å². The fourth-order valence-electron chi connectivity index (χ4n) is 2.62. The Kier molecular flexibility index (Phi) is 4.38. The molecule has 0 amide bonds. The molecule has 1 aromatic carbocycles. The maximum atomic E-state index is 11.1. The van der Waals surface area contributed by atoms with Crippen molar-refractivity contribution >= 4 is 17.3 Å². The number of nitro groups is 1. The Morgan fingerprint density at radius 1 is 1.57 bits per heavy atom. The SMILES string of the molecule is N#Cc1ccc(N2CCC(CCC(=O)O)C2)c([N+](=O)[O-])c1. The minimum Gasteiger partial charge on any atom is -0.481 e. The van der Waals surface area contributed by atoms with E-state index in [2.05, 4.69) is 0 Å². The van der Waals surface area contributed by atoms with E-state index in [0.717, 1.165) is 6.42 Å². The lowest BCUT2D eigenvalue weighted by Crippen LogP contribution is -2.21. The number of nitriles is 1. The van der Waals surface area contributed by atoms with Crippen LogP contribution in [0.15, 0.2) is 18.2 Å². The fraction of sp³-hybridized carbons (Fsp3) is 0.429. The number of carboxylic acids is 1. The van der Waals surface area contributed by atoms with E-state index >= 15 is 0 Å². The van der Waals surface area contributed by atoms with Crippen molar-refractivity contribution in [1.29, 1.82) is 5.26 Å². The summed E-state index contributed by atoms with van der Waals surface area (Å²) in [6.07, 6.45) is 1.52. The average Bonchev–Trinajstić information content (AvgIpc) is 2.93. The smallest absolute Gasteiger partial charge is 0.303 e. The van der Waals surface area contributed by atoms with E-state index in [1.165, 1.54) is 6.07 Å². The average molecular weight is 289 g/mol. The van der Waals surface area contributed by atoms with E-state index in [0.29, 0.717) is 25.2 Å². The number of hydrogen-bond donors (Lipinski definition) is 1. The molecular formula is C14H15N3O4. The number of anilines is 1. The zero-order chi connectivity index (χ0) is 15.4. The van der Waals surface area contributed by atoms with E-state index in [4.69, 9.17) is 10.4 Å². The molecule has 0 aromatic heterocycles. The summed E-state index contributed by atoms with van der Waals surface area (Å²) in [5.74, 6) is -0.589. The highest BCUT2D eigenvalue weighted by Crippen LogP contribution is 2.33. The van der Waals surface area contributed by atoms with E-state index in [-0.39, 0.29) is 23.6 Å². The first-order valence-electron chi connectivity index (χ1n) is 6.66. The van der Waals surface area contributed by atoms with E-state index in [1.807, 2.05) is 11.0 Å². The van der Waals surface area contributed by atoms with Gasteiger partial charge in [-0.1, -0.05) is 0 Å². The highest BCUT2D eigenvalue weighted by molar-refractivity contribution is 5.67. The Hall–Kier alpha value is -2.62. The van der Waals surface area contributed by atoms with Gasteiger partial charge in [-0.3, -0.25) is 14.9 Å². The van der Waals surface area contributed by atoms with Crippen LogP contribution in [0.3, 0.4) is 0 Å². The van der Waals surface area contributed by atoms with Crippen molar-refractivity contribution in [2.75, 3.05) is 18.0 Å². The molecule has 0 saturated carbocycles. The van der Waals surface area contributed by atoms with Gasteiger partial charge in [0.25, 0.3) is 5.69 Å². The van der Waals surface area contributed by atoms with Crippen LogP contribution in [-0.4, -0.2) is 29.1 Å². The molecule has 1 unspecified atom stereocenters. The van der Waals surface area contributed by atoms with Crippen molar-refractivity contribution in [3.63, 3.8) is 0 Å². The van der Waals surface area contributed by atoms with Crippen molar-refractivity contribution < 1.29 is 14.8 Å². The molecule has 21 heavy (non-hydrogen) atoms. The van der Waals surface area contributed by atoms with Crippen molar-refractivity contribution in [3.05, 3.63) is 33.9 Å². The van der Waals surface area contributed by atoms with Gasteiger partial charge in [0.05, 0.1) is 16.6 Å². The maximum absolute atomic E-state index is 11.1. The number of rotatable bonds is 5. The molecule has 110 valence electrons. The second-order valence-electron chi connectivity index (χ2n) is 5.11. The molecule has 1 saturated heterocycles. The summed E-state index contributed by atoms with van der Waals surface area (Å²) in [6, 6.07) is 6.33. The molecule has 2 rings (SSSR count). The van der Waals surface area contributed by atoms with Crippen LogP contribution in [0, 0.1) is 27.4 Å². The molecule has 0 radical (unpaired) electrons. The molecule has 1 heterocycles. The zero-order valence-electron chi connectivity index (χ0n) is 11.4. The molecule has 1 aliphatic heterocycles. The first-order valence-corrected chi connectivity index (χ1v) is 6.66. The summed E-state index contributed by atoms with van der Waals surface area (Å²) in [5, 5.41) is 28.7. The molecular weight excluding hydrogens is 274 g/mol. The van der Waals surface area contributed by atoms with Crippen molar-refractivity contribution in [3.8, 4) is 6.07 Å². The Bertz CT molecular complexity index is 609. The molecule has 1 atom stereocenters. The lowest BCUT2D eigenvalue weighted by molar-refractivity contribution is -0.384. The van der Waals surface area contributed by atoms with Crippen LogP contribution in [-0.2, 0) is 4.79 Å². The lowest BCUT2D eigenvalue weighted by Gasteiger charge is -2.18. The van der Waals surface area contributed by atoms with Crippen molar-refractivity contribution in [1.82, 2.24) is 0 Å². The highest BCUT2D eigenvalue weighted by atomic mass is 16.6. The van der Waals surface area contributed by atoms with Crippen LogP contribution in [0.25, 0.3) is 0 Å². The maximum Gasteiger partial charge on any atom is 0.303 e. The van der Waals surface area contributed by atoms with Gasteiger partial charge in [0.2, 0.25) is 0 Å². The predicted molar refractivity (Wildman–Crippen MR) is 75.0 cm³/mol. The van der Waals surface area contributed by atoms with E-state index in [9.17, 15) is 14.9 Å². The molecule has 0 aliphatic carbocycles. The standard InChI is InChI=1S/C14H15N3O4/c15-8-11-1-3-12(13(7-11)17(20)21)16-6-5-10(9-16)2-4-14(18)19/h1,3,7,10H,2,4-6,9H2,(H,18,19). The predicted octanol–water partition coefficient (Wildman–Crippen LogP) is 2.16. The number of nitro benzene ring substituents is 1. The topological polar surface area (TPSA) is 107 Å². The summed E-state index contributed by atoms with van der Waals surface area (Å²) in [6.45, 7) is 1.27. The molecule has 1 fully saturated rings. The second-order valence-corrected chi connectivity index (χ2v) is 5.11. The molecule has 1 aliphatic rings. The van der Waals surface area contributed by atoms with Crippen molar-refractivity contribution in [2.45, 2.75) is 19.3 Å². The van der Waals surface area contributed by atoms with E-state index in [1.54, 1.807) is 12.1 Å². The molecule has 1 N–H and O–H groups in total. The Balaban J connectivity index is 2.14. The summed E-state index contributed by atoms with van der Waals surface area (Å²) < 4.78 is 0. The molecule has 1 aromatic rings. The van der Waals surface area contributed by atoms with Gasteiger partial charge >= 0.3 is 5.97 Å². The number of carboxylic acid groups (broad SMARTS) is 1. The summed E-state index contributed by atoms with van der Waals surface area (Å²) in [5.41, 5.74) is 0.678. The fourth-order valence-corrected chi connectivity index (χ4v) is 2.62. The van der Waals surface area contributed by atoms with Gasteiger partial charge in [-0.25, -0.2) is 0 Å². The molecule has 0 spiro atoms. The van der Waals surface area contributed by atoms with Crippen LogP contribution in [0.4, 0.5) is 11.4 Å². The molecule has 7 heteroatoms. The molecule has 7 nitrogen and oxygen atoms in total. The largest absolute Gasteiger partial charge is 0.481 e. The zero-order valence-corrected chi connectivity index (χ0v) is 11.4. The Morgan fingerprint density at radius 2 is 2.33 bits per heavy atom. The van der Waals surface area contributed by atoms with Gasteiger partial charge in [-0.05, 0) is 30.9 Å². The number of nitrogens with zero attached hydrogens (tertiary/aromatic N) is 3. The van der Waals surface area contributed by atoms with Crippen LogP contribution in [0.2, 0.25) is 0 Å². The third-order valence-electron chi connectivity index (χ3n) is 3.69. The first-order chi connectivity index (χ1) is 10.0. The highest BCUT2D eigenvalue weighted by Gasteiger charge is 2.28. The van der Waals surface area contributed by atoms with Gasteiger partial charge in [0.1, 0.15) is 5.69 Å². The van der Waals surface area contributed by atoms with Crippen molar-refractivity contribution in [2.24, 2.45) is 5.92 Å². The third kappa shape index (κ3) is 3.48. The normalized spacial score (nSPS) is 17.5. The van der Waals surface area contributed by atoms with Crippen LogP contribution < -0.4 is 4.90 Å². The third-order valence-corrected chi connectivity index (χ3v) is 3.69. The second kappa shape index (κ2) is 6.22. The minimum atomic E-state index is -0.821. The number of carbonyl (C=O) groups is 1. The van der Waals surface area contributed by atoms with Crippen LogP contribution in [0.1, 0.15) is 24.8 Å². The first kappa shape index (κ1) is 14.8. The van der Waals surface area contributed by atoms with Gasteiger partial charge in [-0.2, -0.15) is 5.26 Å². The Labute approximate surface area is 121 Å². The van der Waals surface area contributed by atoms with Gasteiger partial charge < -0.3 is 10.0 Å².